The molecule has 0 radical (unpaired) electrons. The highest BCUT2D eigenvalue weighted by molar-refractivity contribution is 7.20. The molecule has 2 nitrogen and oxygen atoms in total. The minimum Gasteiger partial charge on any atom is -0.307 e. The molecule has 0 atom stereocenters. The molecule has 0 N–H and O–H groups in total. The van der Waals surface area contributed by atoms with Crippen molar-refractivity contribution in [1.29, 1.82) is 0 Å². The van der Waals surface area contributed by atoms with E-state index in [1.54, 1.807) is 0 Å². The predicted molar refractivity (Wildman–Crippen MR) is 244 cm³/mol. The molecule has 2 aromatic heterocycles. The van der Waals surface area contributed by atoms with Crippen molar-refractivity contribution in [1.82, 2.24) is 9.13 Å². The van der Waals surface area contributed by atoms with Crippen LogP contribution >= 0.6 is 0 Å². The lowest BCUT2D eigenvalue weighted by atomic mass is 10.0. The normalized spacial score (nSPS) is 11.9. The van der Waals surface area contributed by atoms with Gasteiger partial charge >= 0.3 is 0 Å². The molecular weight excluding hydrogens is 705 g/mol. The number of hydrogen-bond donors (Lipinski definition) is 0. The molecule has 0 saturated carbocycles. The molecule has 0 aliphatic heterocycles. The molecule has 0 aliphatic rings. The maximum atomic E-state index is 2.53. The van der Waals surface area contributed by atoms with Gasteiger partial charge < -0.3 is 9.13 Å². The van der Waals surface area contributed by atoms with Crippen LogP contribution in [0.4, 0.5) is 0 Å². The summed E-state index contributed by atoms with van der Waals surface area (Å²) < 4.78 is 5.01. The Morgan fingerprint density at radius 3 is 1.42 bits per heavy atom. The monoisotopic (exact) mass is 742 g/mol. The summed E-state index contributed by atoms with van der Waals surface area (Å²) in [6.45, 7) is 0. The molecule has 0 saturated heterocycles. The Balaban J connectivity index is 1.27. The SMILES string of the molecule is c1ccc(-c2ccc3c4cccc(-n5c6ccccc6c6ccc([Si](c7ccccc7)(c7ccccc7)c7ccccc7)cc65)c4n(-c4ccccc4)c3c2)cc1. The van der Waals surface area contributed by atoms with Gasteiger partial charge in [0.05, 0.1) is 27.8 Å². The van der Waals surface area contributed by atoms with E-state index in [2.05, 4.69) is 240 Å². The third-order valence-electron chi connectivity index (χ3n) is 11.9. The van der Waals surface area contributed by atoms with Crippen LogP contribution in [-0.4, -0.2) is 17.2 Å². The van der Waals surface area contributed by atoms with Crippen LogP contribution in [0, 0.1) is 0 Å². The lowest BCUT2D eigenvalue weighted by Gasteiger charge is -2.34. The van der Waals surface area contributed by atoms with Crippen LogP contribution < -0.4 is 20.7 Å². The fourth-order valence-corrected chi connectivity index (χ4v) is 14.2. The van der Waals surface area contributed by atoms with Crippen LogP contribution in [-0.2, 0) is 0 Å². The summed E-state index contributed by atoms with van der Waals surface area (Å²) in [5, 5.41) is 10.4. The minimum absolute atomic E-state index is 1.14. The first-order valence-electron chi connectivity index (χ1n) is 19.7. The maximum absolute atomic E-state index is 2.79. The standard InChI is InChI=1S/C54H38N2Si/c1-6-19-39(20-7-1)40-33-35-48-49-30-18-32-51(54(49)55(52(48)37-40)41-21-8-2-9-22-41)56-50-31-17-16-29-46(50)47-36-34-45(38-53(47)56)57(42-23-10-3-11-24-42,43-25-12-4-13-26-43)44-27-14-5-15-28-44/h1-38H. The van der Waals surface area contributed by atoms with Gasteiger partial charge in [0.15, 0.2) is 8.07 Å². The zero-order valence-electron chi connectivity index (χ0n) is 31.3. The summed E-state index contributed by atoms with van der Waals surface area (Å²) in [5.74, 6) is 0. The van der Waals surface area contributed by atoms with Crippen LogP contribution in [0.1, 0.15) is 0 Å². The van der Waals surface area contributed by atoms with Gasteiger partial charge in [0, 0.05) is 27.2 Å². The summed E-state index contributed by atoms with van der Waals surface area (Å²) in [4.78, 5) is 0. The van der Waals surface area contributed by atoms with E-state index in [0.29, 0.717) is 0 Å². The van der Waals surface area contributed by atoms with E-state index >= 15 is 0 Å². The molecule has 0 aliphatic carbocycles. The maximum Gasteiger partial charge on any atom is 0.179 e. The molecule has 0 fully saturated rings. The molecule has 0 amide bonds. The molecule has 0 bridgehead atoms. The predicted octanol–water partition coefficient (Wildman–Crippen LogP) is 10.9. The van der Waals surface area contributed by atoms with E-state index in [-0.39, 0.29) is 0 Å². The van der Waals surface area contributed by atoms with Gasteiger partial charge in [0.2, 0.25) is 0 Å². The first-order chi connectivity index (χ1) is 28.3. The Labute approximate surface area is 333 Å². The van der Waals surface area contributed by atoms with Gasteiger partial charge in [0.1, 0.15) is 0 Å². The summed E-state index contributed by atoms with van der Waals surface area (Å²) in [5.41, 5.74) is 9.49. The summed E-state index contributed by atoms with van der Waals surface area (Å²) >= 11 is 0. The third kappa shape index (κ3) is 5.17. The van der Waals surface area contributed by atoms with Gasteiger partial charge in [-0.25, -0.2) is 0 Å². The average molecular weight is 743 g/mol. The molecular formula is C54H38N2Si. The van der Waals surface area contributed by atoms with Crippen molar-refractivity contribution in [3.8, 4) is 22.5 Å². The first kappa shape index (κ1) is 33.2. The average Bonchev–Trinajstić information content (AvgIpc) is 3.81. The molecule has 57 heavy (non-hydrogen) atoms. The fourth-order valence-electron chi connectivity index (χ4n) is 9.41. The van der Waals surface area contributed by atoms with Crippen LogP contribution in [0.15, 0.2) is 231 Å². The zero-order valence-corrected chi connectivity index (χ0v) is 32.3. The number of hydrogen-bond acceptors (Lipinski definition) is 0. The van der Waals surface area contributed by atoms with Gasteiger partial charge in [-0.2, -0.15) is 0 Å². The van der Waals surface area contributed by atoms with Gasteiger partial charge in [0.25, 0.3) is 0 Å². The van der Waals surface area contributed by atoms with E-state index in [1.807, 2.05) is 0 Å². The van der Waals surface area contributed by atoms with E-state index in [9.17, 15) is 0 Å². The Kier molecular flexibility index (Phi) is 7.87. The second kappa shape index (κ2) is 13.5. The van der Waals surface area contributed by atoms with Gasteiger partial charge in [-0.1, -0.05) is 194 Å². The molecule has 268 valence electrons. The zero-order chi connectivity index (χ0) is 37.8. The molecule has 11 rings (SSSR count). The van der Waals surface area contributed by atoms with Crippen molar-refractivity contribution in [3.63, 3.8) is 0 Å². The lowest BCUT2D eigenvalue weighted by molar-refractivity contribution is 1.13. The van der Waals surface area contributed by atoms with Crippen molar-refractivity contribution in [3.05, 3.63) is 231 Å². The van der Waals surface area contributed by atoms with Crippen LogP contribution in [0.25, 0.3) is 66.1 Å². The fraction of sp³-hybridized carbons (Fsp3) is 0. The topological polar surface area (TPSA) is 9.86 Å². The number of aromatic nitrogens is 2. The van der Waals surface area contributed by atoms with E-state index in [4.69, 9.17) is 0 Å². The largest absolute Gasteiger partial charge is 0.307 e. The van der Waals surface area contributed by atoms with Gasteiger partial charge in [-0.3, -0.25) is 0 Å². The van der Waals surface area contributed by atoms with Crippen LogP contribution in [0.3, 0.4) is 0 Å². The van der Waals surface area contributed by atoms with E-state index < -0.39 is 8.07 Å². The Morgan fingerprint density at radius 1 is 0.281 bits per heavy atom. The third-order valence-corrected chi connectivity index (χ3v) is 16.6. The molecule has 3 heteroatoms. The Morgan fingerprint density at radius 2 is 0.772 bits per heavy atom. The quantitative estimate of drug-likeness (QED) is 0.114. The molecule has 9 aromatic carbocycles. The van der Waals surface area contributed by atoms with Crippen molar-refractivity contribution in [2.45, 2.75) is 0 Å². The Bertz CT molecular complexity index is 3110. The summed E-state index contributed by atoms with van der Waals surface area (Å²) in [7, 11) is -2.79. The van der Waals surface area contributed by atoms with Gasteiger partial charge in [-0.05, 0) is 68.3 Å². The molecule has 2 heterocycles. The second-order valence-electron chi connectivity index (χ2n) is 14.9. The van der Waals surface area contributed by atoms with Gasteiger partial charge in [-0.15, -0.1) is 0 Å². The number of fused-ring (bicyclic) bond motifs is 6. The smallest absolute Gasteiger partial charge is 0.179 e. The highest BCUT2D eigenvalue weighted by Crippen LogP contribution is 2.40. The number of rotatable bonds is 7. The van der Waals surface area contributed by atoms with Crippen molar-refractivity contribution in [2.24, 2.45) is 0 Å². The summed E-state index contributed by atoms with van der Waals surface area (Å²) in [6, 6.07) is 85.2. The highest BCUT2D eigenvalue weighted by Gasteiger charge is 2.41. The Hall–Kier alpha value is -7.20. The van der Waals surface area contributed by atoms with Crippen LogP contribution in [0.5, 0.6) is 0 Å². The lowest BCUT2D eigenvalue weighted by Crippen LogP contribution is -2.74. The van der Waals surface area contributed by atoms with Crippen molar-refractivity contribution >= 4 is 72.4 Å². The number of para-hydroxylation sites is 3. The number of benzene rings is 9. The highest BCUT2D eigenvalue weighted by atomic mass is 28.3. The molecule has 11 aromatic rings. The van der Waals surface area contributed by atoms with Crippen LogP contribution in [0.2, 0.25) is 0 Å². The first-order valence-corrected chi connectivity index (χ1v) is 21.7. The minimum atomic E-state index is -2.79. The molecule has 0 spiro atoms. The van der Waals surface area contributed by atoms with E-state index in [1.165, 1.54) is 75.5 Å². The number of nitrogens with zero attached hydrogens (tertiary/aromatic N) is 2. The van der Waals surface area contributed by atoms with Crippen molar-refractivity contribution in [2.75, 3.05) is 0 Å². The van der Waals surface area contributed by atoms with Crippen molar-refractivity contribution < 1.29 is 0 Å². The second-order valence-corrected chi connectivity index (χ2v) is 18.7. The van der Waals surface area contributed by atoms with E-state index in [0.717, 1.165) is 11.4 Å². The molecule has 0 unspecified atom stereocenters. The summed E-state index contributed by atoms with van der Waals surface area (Å²) in [6.07, 6.45) is 0.